The Morgan fingerprint density at radius 1 is 0.929 bits per heavy atom. The molecule has 3 aromatic heterocycles. The molecule has 0 bridgehead atoms. The molecule has 5 heterocycles. The van der Waals surface area contributed by atoms with Gasteiger partial charge in [0.05, 0.1) is 18.7 Å². The molecule has 2 aliphatic rings. The number of piperazine rings is 1. The molecule has 218 valence electrons. The first-order chi connectivity index (χ1) is 20.4. The van der Waals surface area contributed by atoms with E-state index in [0.29, 0.717) is 18.9 Å². The third-order valence-corrected chi connectivity index (χ3v) is 8.73. The molecule has 2 saturated heterocycles. The molecule has 5 aromatic rings. The van der Waals surface area contributed by atoms with E-state index in [9.17, 15) is 8.78 Å². The molecular weight excluding hydrogens is 538 g/mol. The van der Waals surface area contributed by atoms with E-state index in [0.717, 1.165) is 59.9 Å². The highest BCUT2D eigenvalue weighted by Crippen LogP contribution is 2.36. The standard InChI is InChI=1S/C31H34F2N8O/c1-19-16-39(20(2)15-38(19)28(22-6-10-24(32)11-7-22)23-8-12-25(33)13-9-23)29-27-30(41-18-34-37-31(41)36-29)40(21(3)35-27)17-26-5-4-14-42-26/h6-13,18-20,26,28H,4-5,14-17H2,1-3H3/t19-,20+,26?/m1/s1. The van der Waals surface area contributed by atoms with Gasteiger partial charge in [0, 0.05) is 31.8 Å². The van der Waals surface area contributed by atoms with E-state index in [2.05, 4.69) is 38.4 Å². The Kier molecular flexibility index (Phi) is 6.86. The number of hydrogen-bond donors (Lipinski definition) is 0. The Morgan fingerprint density at radius 2 is 1.62 bits per heavy atom. The molecular formula is C31H34F2N8O. The summed E-state index contributed by atoms with van der Waals surface area (Å²) < 4.78 is 37.8. The third kappa shape index (κ3) is 4.70. The number of fused-ring (bicyclic) bond motifs is 3. The minimum Gasteiger partial charge on any atom is -0.376 e. The highest BCUT2D eigenvalue weighted by Gasteiger charge is 2.37. The average Bonchev–Trinajstić information content (AvgIpc) is 3.73. The first-order valence-electron chi connectivity index (χ1n) is 14.6. The minimum absolute atomic E-state index is 0.0642. The molecule has 2 fully saturated rings. The van der Waals surface area contributed by atoms with Crippen molar-refractivity contribution in [3.05, 3.63) is 83.4 Å². The van der Waals surface area contributed by atoms with Gasteiger partial charge >= 0.3 is 0 Å². The molecule has 9 nitrogen and oxygen atoms in total. The fraction of sp³-hybridized carbons (Fsp3) is 0.419. The van der Waals surface area contributed by atoms with Gasteiger partial charge in [0.2, 0.25) is 0 Å². The van der Waals surface area contributed by atoms with Crippen molar-refractivity contribution in [2.75, 3.05) is 24.6 Å². The molecule has 2 aliphatic heterocycles. The maximum Gasteiger partial charge on any atom is 0.258 e. The van der Waals surface area contributed by atoms with E-state index < -0.39 is 0 Å². The Labute approximate surface area is 242 Å². The molecule has 2 aromatic carbocycles. The topological polar surface area (TPSA) is 76.6 Å². The average molecular weight is 573 g/mol. The van der Waals surface area contributed by atoms with Crippen LogP contribution < -0.4 is 4.90 Å². The van der Waals surface area contributed by atoms with Crippen molar-refractivity contribution in [2.24, 2.45) is 0 Å². The highest BCUT2D eigenvalue weighted by atomic mass is 19.1. The van der Waals surface area contributed by atoms with Gasteiger partial charge in [-0.1, -0.05) is 24.3 Å². The lowest BCUT2D eigenvalue weighted by Gasteiger charge is -2.48. The predicted molar refractivity (Wildman–Crippen MR) is 155 cm³/mol. The molecule has 42 heavy (non-hydrogen) atoms. The number of aryl methyl sites for hydroxylation is 1. The molecule has 11 heteroatoms. The number of rotatable bonds is 6. The van der Waals surface area contributed by atoms with Gasteiger partial charge in [-0.3, -0.25) is 4.90 Å². The van der Waals surface area contributed by atoms with Gasteiger partial charge in [0.1, 0.15) is 29.3 Å². The molecule has 7 rings (SSSR count). The van der Waals surface area contributed by atoms with Crippen molar-refractivity contribution in [1.82, 2.24) is 34.0 Å². The molecule has 0 spiro atoms. The fourth-order valence-corrected chi connectivity index (χ4v) is 6.63. The first kappa shape index (κ1) is 26.9. The zero-order valence-corrected chi connectivity index (χ0v) is 24.0. The van der Waals surface area contributed by atoms with Gasteiger partial charge in [0.25, 0.3) is 5.78 Å². The summed E-state index contributed by atoms with van der Waals surface area (Å²) >= 11 is 0. The van der Waals surface area contributed by atoms with Crippen molar-refractivity contribution in [2.45, 2.75) is 64.4 Å². The van der Waals surface area contributed by atoms with Crippen LogP contribution in [-0.4, -0.2) is 71.9 Å². The third-order valence-electron chi connectivity index (χ3n) is 8.73. The van der Waals surface area contributed by atoms with E-state index in [-0.39, 0.29) is 35.9 Å². The Morgan fingerprint density at radius 3 is 2.26 bits per heavy atom. The zero-order chi connectivity index (χ0) is 29.0. The summed E-state index contributed by atoms with van der Waals surface area (Å²) in [6.45, 7) is 9.30. The van der Waals surface area contributed by atoms with Gasteiger partial charge in [-0.15, -0.1) is 10.2 Å². The number of aromatic nitrogens is 6. The summed E-state index contributed by atoms with van der Waals surface area (Å²) in [7, 11) is 0. The first-order valence-corrected chi connectivity index (χ1v) is 14.6. The van der Waals surface area contributed by atoms with Crippen LogP contribution >= 0.6 is 0 Å². The van der Waals surface area contributed by atoms with Gasteiger partial charge in [-0.05, 0) is 69.0 Å². The summed E-state index contributed by atoms with van der Waals surface area (Å²) in [5.74, 6) is 1.66. The van der Waals surface area contributed by atoms with E-state index in [1.165, 1.54) is 24.3 Å². The second-order valence-corrected chi connectivity index (χ2v) is 11.6. The molecule has 0 amide bonds. The smallest absolute Gasteiger partial charge is 0.258 e. The van der Waals surface area contributed by atoms with E-state index >= 15 is 0 Å². The summed E-state index contributed by atoms with van der Waals surface area (Å²) in [5.41, 5.74) is 3.67. The fourth-order valence-electron chi connectivity index (χ4n) is 6.63. The van der Waals surface area contributed by atoms with Crippen molar-refractivity contribution in [1.29, 1.82) is 0 Å². The summed E-state index contributed by atoms with van der Waals surface area (Å²) in [6, 6.07) is 13.2. The molecule has 0 N–H and O–H groups in total. The zero-order valence-electron chi connectivity index (χ0n) is 24.0. The Bertz CT molecular complexity index is 1670. The van der Waals surface area contributed by atoms with E-state index in [4.69, 9.17) is 14.7 Å². The largest absolute Gasteiger partial charge is 0.376 e. The van der Waals surface area contributed by atoms with Gasteiger partial charge in [0.15, 0.2) is 11.5 Å². The van der Waals surface area contributed by atoms with Crippen LogP contribution in [0.4, 0.5) is 14.6 Å². The minimum atomic E-state index is -0.281. The summed E-state index contributed by atoms with van der Waals surface area (Å²) in [5, 5.41) is 8.48. The lowest BCUT2D eigenvalue weighted by atomic mass is 9.93. The van der Waals surface area contributed by atoms with Crippen LogP contribution in [-0.2, 0) is 11.3 Å². The van der Waals surface area contributed by atoms with Crippen LogP contribution in [0.1, 0.15) is 49.7 Å². The lowest BCUT2D eigenvalue weighted by molar-refractivity contribution is 0.0972. The maximum atomic E-state index is 13.9. The molecule has 0 radical (unpaired) electrons. The molecule has 3 atom stereocenters. The predicted octanol–water partition coefficient (Wildman–Crippen LogP) is 4.93. The van der Waals surface area contributed by atoms with Gasteiger partial charge in [-0.25, -0.2) is 18.2 Å². The molecule has 1 unspecified atom stereocenters. The SMILES string of the molecule is Cc1nc2c(N3C[C@@H](C)N(C(c4ccc(F)cc4)c4ccc(F)cc4)C[C@@H]3C)nc3nncn3c2n1CC1CCCO1. The summed E-state index contributed by atoms with van der Waals surface area (Å²) in [6.07, 6.45) is 3.95. The number of halogens is 2. The number of imidazole rings is 1. The number of ether oxygens (including phenoxy) is 1. The number of anilines is 1. The number of nitrogens with zero attached hydrogens (tertiary/aromatic N) is 8. The molecule has 0 saturated carbocycles. The summed E-state index contributed by atoms with van der Waals surface area (Å²) in [4.78, 5) is 14.7. The second-order valence-electron chi connectivity index (χ2n) is 11.6. The van der Waals surface area contributed by atoms with E-state index in [1.807, 2.05) is 35.6 Å². The Hall–Kier alpha value is -3.96. The van der Waals surface area contributed by atoms with Crippen LogP contribution in [0.2, 0.25) is 0 Å². The van der Waals surface area contributed by atoms with Gasteiger partial charge in [-0.2, -0.15) is 4.98 Å². The highest BCUT2D eigenvalue weighted by molar-refractivity contribution is 5.87. The normalized spacial score (nSPS) is 21.8. The Balaban J connectivity index is 1.26. The van der Waals surface area contributed by atoms with Crippen LogP contribution in [0.5, 0.6) is 0 Å². The van der Waals surface area contributed by atoms with Crippen LogP contribution in [0, 0.1) is 18.6 Å². The van der Waals surface area contributed by atoms with Crippen molar-refractivity contribution < 1.29 is 13.5 Å². The van der Waals surface area contributed by atoms with Gasteiger partial charge < -0.3 is 14.2 Å². The van der Waals surface area contributed by atoms with Crippen molar-refractivity contribution in [3.63, 3.8) is 0 Å². The monoisotopic (exact) mass is 572 g/mol. The second kappa shape index (κ2) is 10.7. The number of benzene rings is 2. The lowest BCUT2D eigenvalue weighted by Crippen LogP contribution is -2.57. The van der Waals surface area contributed by atoms with Crippen LogP contribution in [0.3, 0.4) is 0 Å². The quantitative estimate of drug-likeness (QED) is 0.286. The van der Waals surface area contributed by atoms with Crippen molar-refractivity contribution in [3.8, 4) is 0 Å². The van der Waals surface area contributed by atoms with E-state index in [1.54, 1.807) is 6.33 Å². The number of hydrogen-bond acceptors (Lipinski definition) is 7. The molecule has 0 aliphatic carbocycles. The van der Waals surface area contributed by atoms with Crippen LogP contribution in [0.25, 0.3) is 16.9 Å². The van der Waals surface area contributed by atoms with Crippen LogP contribution in [0.15, 0.2) is 54.9 Å². The maximum absolute atomic E-state index is 13.9. The van der Waals surface area contributed by atoms with Crippen molar-refractivity contribution >= 4 is 22.8 Å².